The number of aryl methyl sites for hydroxylation is 3. The number of aromatic amines is 1. The zero-order valence-corrected chi connectivity index (χ0v) is 10.6. The fourth-order valence-corrected chi connectivity index (χ4v) is 1.85. The first-order chi connectivity index (χ1) is 8.16. The Labute approximate surface area is 102 Å². The summed E-state index contributed by atoms with van der Waals surface area (Å²) in [4.78, 5) is 0. The largest absolute Gasteiger partial charge is 0.493 e. The Balaban J connectivity index is 1.90. The van der Waals surface area contributed by atoms with Gasteiger partial charge in [-0.1, -0.05) is 17.7 Å². The molecular weight excluding hydrogens is 212 g/mol. The lowest BCUT2D eigenvalue weighted by molar-refractivity contribution is 0.321. The van der Waals surface area contributed by atoms with Crippen LogP contribution in [0.25, 0.3) is 0 Å². The summed E-state index contributed by atoms with van der Waals surface area (Å²) in [6.45, 7) is 6.82. The molecule has 1 heterocycles. The van der Waals surface area contributed by atoms with E-state index < -0.39 is 0 Å². The monoisotopic (exact) mass is 230 g/mol. The van der Waals surface area contributed by atoms with Gasteiger partial charge in [0.15, 0.2) is 0 Å². The number of benzene rings is 1. The molecule has 0 aliphatic carbocycles. The average molecular weight is 230 g/mol. The topological polar surface area (TPSA) is 37.9 Å². The van der Waals surface area contributed by atoms with Crippen LogP contribution in [0.1, 0.15) is 22.5 Å². The SMILES string of the molecule is Cc1ccc(OCCc2c(C)n[nH]c2C)cc1. The predicted molar refractivity (Wildman–Crippen MR) is 68.4 cm³/mol. The van der Waals surface area contributed by atoms with Crippen LogP contribution in [-0.4, -0.2) is 16.8 Å². The van der Waals surface area contributed by atoms with Crippen LogP contribution in [0.5, 0.6) is 5.75 Å². The number of ether oxygens (including phenoxy) is 1. The van der Waals surface area contributed by atoms with Crippen LogP contribution in [0.4, 0.5) is 0 Å². The van der Waals surface area contributed by atoms with Crippen molar-refractivity contribution in [3.63, 3.8) is 0 Å². The predicted octanol–water partition coefficient (Wildman–Crippen LogP) is 2.96. The number of hydrogen-bond donors (Lipinski definition) is 1. The van der Waals surface area contributed by atoms with Gasteiger partial charge in [0.1, 0.15) is 5.75 Å². The van der Waals surface area contributed by atoms with Crippen molar-refractivity contribution < 1.29 is 4.74 Å². The van der Waals surface area contributed by atoms with Crippen molar-refractivity contribution in [2.24, 2.45) is 0 Å². The Hall–Kier alpha value is -1.77. The number of nitrogens with one attached hydrogen (secondary N) is 1. The van der Waals surface area contributed by atoms with Crippen LogP contribution in [-0.2, 0) is 6.42 Å². The van der Waals surface area contributed by atoms with Crippen molar-refractivity contribution in [3.8, 4) is 5.75 Å². The van der Waals surface area contributed by atoms with Crippen LogP contribution < -0.4 is 4.74 Å². The Kier molecular flexibility index (Phi) is 3.47. The highest BCUT2D eigenvalue weighted by atomic mass is 16.5. The van der Waals surface area contributed by atoms with E-state index in [1.807, 2.05) is 26.0 Å². The van der Waals surface area contributed by atoms with Crippen molar-refractivity contribution in [1.82, 2.24) is 10.2 Å². The van der Waals surface area contributed by atoms with Gasteiger partial charge in [0.05, 0.1) is 12.3 Å². The molecule has 0 atom stereocenters. The molecule has 90 valence electrons. The molecule has 3 nitrogen and oxygen atoms in total. The van der Waals surface area contributed by atoms with Gasteiger partial charge in [0.25, 0.3) is 0 Å². The average Bonchev–Trinajstić information content (AvgIpc) is 2.63. The second-order valence-corrected chi connectivity index (χ2v) is 4.32. The first kappa shape index (κ1) is 11.7. The highest BCUT2D eigenvalue weighted by Gasteiger charge is 2.05. The Morgan fingerprint density at radius 3 is 2.41 bits per heavy atom. The molecule has 3 heteroatoms. The van der Waals surface area contributed by atoms with Crippen molar-refractivity contribution in [2.45, 2.75) is 27.2 Å². The van der Waals surface area contributed by atoms with Crippen molar-refractivity contribution in [1.29, 1.82) is 0 Å². The maximum absolute atomic E-state index is 5.70. The Morgan fingerprint density at radius 1 is 1.12 bits per heavy atom. The van der Waals surface area contributed by atoms with Gasteiger partial charge >= 0.3 is 0 Å². The first-order valence-corrected chi connectivity index (χ1v) is 5.86. The second kappa shape index (κ2) is 5.04. The molecule has 2 rings (SSSR count). The number of aromatic nitrogens is 2. The number of H-pyrrole nitrogens is 1. The van der Waals surface area contributed by atoms with E-state index in [-0.39, 0.29) is 0 Å². The van der Waals surface area contributed by atoms with E-state index in [4.69, 9.17) is 4.74 Å². The van der Waals surface area contributed by atoms with Crippen LogP contribution in [0.3, 0.4) is 0 Å². The van der Waals surface area contributed by atoms with Crippen LogP contribution in [0, 0.1) is 20.8 Å². The van der Waals surface area contributed by atoms with E-state index in [9.17, 15) is 0 Å². The highest BCUT2D eigenvalue weighted by molar-refractivity contribution is 5.27. The van der Waals surface area contributed by atoms with E-state index in [0.717, 1.165) is 23.6 Å². The van der Waals surface area contributed by atoms with Gasteiger partial charge < -0.3 is 4.74 Å². The van der Waals surface area contributed by atoms with Gasteiger partial charge in [-0.05, 0) is 38.5 Å². The van der Waals surface area contributed by atoms with Gasteiger partial charge in [0.2, 0.25) is 0 Å². The number of nitrogens with zero attached hydrogens (tertiary/aromatic N) is 1. The standard InChI is InChI=1S/C14H18N2O/c1-10-4-6-13(7-5-10)17-9-8-14-11(2)15-16-12(14)3/h4-7H,8-9H2,1-3H3,(H,15,16). The maximum Gasteiger partial charge on any atom is 0.119 e. The van der Waals surface area contributed by atoms with Gasteiger partial charge in [-0.3, -0.25) is 5.10 Å². The Morgan fingerprint density at radius 2 is 1.82 bits per heavy atom. The minimum absolute atomic E-state index is 0.685. The minimum Gasteiger partial charge on any atom is -0.493 e. The van der Waals surface area contributed by atoms with Gasteiger partial charge in [-0.2, -0.15) is 5.10 Å². The quantitative estimate of drug-likeness (QED) is 0.876. The van der Waals surface area contributed by atoms with Gasteiger partial charge in [-0.25, -0.2) is 0 Å². The lowest BCUT2D eigenvalue weighted by Gasteiger charge is -2.06. The number of rotatable bonds is 4. The van der Waals surface area contributed by atoms with E-state index in [0.29, 0.717) is 6.61 Å². The minimum atomic E-state index is 0.685. The maximum atomic E-state index is 5.70. The number of hydrogen-bond acceptors (Lipinski definition) is 2. The molecule has 0 fully saturated rings. The summed E-state index contributed by atoms with van der Waals surface area (Å²) >= 11 is 0. The summed E-state index contributed by atoms with van der Waals surface area (Å²) < 4.78 is 5.70. The van der Waals surface area contributed by atoms with Crippen LogP contribution in [0.15, 0.2) is 24.3 Å². The molecule has 0 spiro atoms. The van der Waals surface area contributed by atoms with Gasteiger partial charge in [-0.15, -0.1) is 0 Å². The van der Waals surface area contributed by atoms with Crippen LogP contribution in [0.2, 0.25) is 0 Å². The highest BCUT2D eigenvalue weighted by Crippen LogP contribution is 2.14. The summed E-state index contributed by atoms with van der Waals surface area (Å²) in [5.74, 6) is 0.925. The molecule has 0 unspecified atom stereocenters. The third-order valence-corrected chi connectivity index (χ3v) is 2.92. The fraction of sp³-hybridized carbons (Fsp3) is 0.357. The molecule has 1 N–H and O–H groups in total. The van der Waals surface area contributed by atoms with Crippen molar-refractivity contribution in [2.75, 3.05) is 6.61 Å². The molecule has 0 saturated heterocycles. The summed E-state index contributed by atoms with van der Waals surface area (Å²) in [5.41, 5.74) is 4.71. The lowest BCUT2D eigenvalue weighted by atomic mass is 10.1. The molecule has 17 heavy (non-hydrogen) atoms. The third-order valence-electron chi connectivity index (χ3n) is 2.92. The summed E-state index contributed by atoms with van der Waals surface area (Å²) in [6, 6.07) is 8.13. The summed E-state index contributed by atoms with van der Waals surface area (Å²) in [6.07, 6.45) is 0.891. The van der Waals surface area contributed by atoms with E-state index >= 15 is 0 Å². The molecule has 0 saturated carbocycles. The van der Waals surface area contributed by atoms with Crippen LogP contribution >= 0.6 is 0 Å². The van der Waals surface area contributed by atoms with Crippen molar-refractivity contribution >= 4 is 0 Å². The molecular formula is C14H18N2O. The van der Waals surface area contributed by atoms with Crippen molar-refractivity contribution in [3.05, 3.63) is 46.8 Å². The molecule has 0 radical (unpaired) electrons. The molecule has 0 aliphatic rings. The zero-order chi connectivity index (χ0) is 12.3. The normalized spacial score (nSPS) is 10.5. The van der Waals surface area contributed by atoms with E-state index in [1.54, 1.807) is 0 Å². The fourth-order valence-electron chi connectivity index (χ4n) is 1.85. The summed E-state index contributed by atoms with van der Waals surface area (Å²) in [7, 11) is 0. The van der Waals surface area contributed by atoms with Gasteiger partial charge in [0, 0.05) is 12.1 Å². The van der Waals surface area contributed by atoms with E-state index in [1.165, 1.54) is 11.1 Å². The first-order valence-electron chi connectivity index (χ1n) is 5.86. The molecule has 1 aromatic carbocycles. The smallest absolute Gasteiger partial charge is 0.119 e. The van der Waals surface area contributed by atoms with E-state index in [2.05, 4.69) is 29.3 Å². The lowest BCUT2D eigenvalue weighted by Crippen LogP contribution is -2.02. The molecule has 0 amide bonds. The molecule has 0 bridgehead atoms. The molecule has 0 aliphatic heterocycles. The summed E-state index contributed by atoms with van der Waals surface area (Å²) in [5, 5.41) is 7.16. The third kappa shape index (κ3) is 2.87. The molecule has 2 aromatic rings. The molecule has 1 aromatic heterocycles. The Bertz CT molecular complexity index is 466. The zero-order valence-electron chi connectivity index (χ0n) is 10.6. The second-order valence-electron chi connectivity index (χ2n) is 4.32.